The molecule has 28 heavy (non-hydrogen) atoms. The SMILES string of the molecule is O=C(NCCCOCCc1ccccc1)NCCc1nnc2n1CCCCC2. The van der Waals surface area contributed by atoms with E-state index in [1.54, 1.807) is 0 Å². The molecule has 0 unspecified atom stereocenters. The van der Waals surface area contributed by atoms with E-state index in [0.717, 1.165) is 37.5 Å². The Balaban J connectivity index is 1.21. The lowest BCUT2D eigenvalue weighted by Crippen LogP contribution is -2.37. The minimum absolute atomic E-state index is 0.139. The van der Waals surface area contributed by atoms with Gasteiger partial charge in [-0.15, -0.1) is 10.2 Å². The van der Waals surface area contributed by atoms with Gasteiger partial charge in [0.15, 0.2) is 0 Å². The number of aromatic nitrogens is 3. The fourth-order valence-electron chi connectivity index (χ4n) is 3.39. The number of benzene rings is 1. The van der Waals surface area contributed by atoms with Gasteiger partial charge in [-0.25, -0.2) is 4.79 Å². The average Bonchev–Trinajstić information content (AvgIpc) is 2.94. The normalized spacial score (nSPS) is 13.6. The maximum absolute atomic E-state index is 11.9. The fraction of sp³-hybridized carbons (Fsp3) is 0.571. The molecule has 1 aliphatic rings. The molecule has 1 aromatic heterocycles. The zero-order valence-corrected chi connectivity index (χ0v) is 16.5. The zero-order chi connectivity index (χ0) is 19.4. The second-order valence-electron chi connectivity index (χ2n) is 7.13. The van der Waals surface area contributed by atoms with Crippen molar-refractivity contribution in [1.29, 1.82) is 0 Å². The Kier molecular flexibility index (Phi) is 8.30. The molecule has 0 atom stereocenters. The van der Waals surface area contributed by atoms with E-state index in [1.807, 2.05) is 18.2 Å². The Morgan fingerprint density at radius 3 is 2.75 bits per heavy atom. The summed E-state index contributed by atoms with van der Waals surface area (Å²) in [6, 6.07) is 10.2. The van der Waals surface area contributed by atoms with E-state index in [4.69, 9.17) is 4.74 Å². The van der Waals surface area contributed by atoms with Crippen LogP contribution in [0.1, 0.15) is 42.9 Å². The van der Waals surface area contributed by atoms with Crippen LogP contribution in [-0.2, 0) is 30.5 Å². The smallest absolute Gasteiger partial charge is 0.314 e. The van der Waals surface area contributed by atoms with Crippen LogP contribution in [0.5, 0.6) is 0 Å². The van der Waals surface area contributed by atoms with Gasteiger partial charge >= 0.3 is 6.03 Å². The number of nitrogens with one attached hydrogen (secondary N) is 2. The maximum Gasteiger partial charge on any atom is 0.314 e. The predicted molar refractivity (Wildman–Crippen MR) is 108 cm³/mol. The quantitative estimate of drug-likeness (QED) is 0.616. The van der Waals surface area contributed by atoms with Gasteiger partial charge < -0.3 is 19.9 Å². The molecule has 2 amide bonds. The van der Waals surface area contributed by atoms with Crippen molar-refractivity contribution in [3.63, 3.8) is 0 Å². The second-order valence-corrected chi connectivity index (χ2v) is 7.13. The number of ether oxygens (including phenoxy) is 1. The highest BCUT2D eigenvalue weighted by molar-refractivity contribution is 5.73. The number of carbonyl (C=O) groups excluding carboxylic acids is 1. The third-order valence-electron chi connectivity index (χ3n) is 4.95. The molecule has 1 aliphatic heterocycles. The standard InChI is InChI=1S/C21H31N5O2/c27-21(22-13-7-16-28-17-12-18-8-3-1-4-9-18)23-14-11-20-25-24-19-10-5-2-6-15-26(19)20/h1,3-4,8-9H,2,5-7,10-17H2,(H2,22,23,27). The Bertz CT molecular complexity index is 717. The highest BCUT2D eigenvalue weighted by Crippen LogP contribution is 2.14. The lowest BCUT2D eigenvalue weighted by Gasteiger charge is -2.09. The van der Waals surface area contributed by atoms with E-state index in [2.05, 4.69) is 37.5 Å². The number of hydrogen-bond acceptors (Lipinski definition) is 4. The topological polar surface area (TPSA) is 81.1 Å². The highest BCUT2D eigenvalue weighted by atomic mass is 16.5. The third-order valence-corrected chi connectivity index (χ3v) is 4.95. The van der Waals surface area contributed by atoms with Crippen LogP contribution in [0.2, 0.25) is 0 Å². The number of fused-ring (bicyclic) bond motifs is 1. The number of rotatable bonds is 10. The summed E-state index contributed by atoms with van der Waals surface area (Å²) in [6.07, 6.45) is 7.06. The van der Waals surface area contributed by atoms with Crippen molar-refractivity contribution in [3.05, 3.63) is 47.5 Å². The maximum atomic E-state index is 11.9. The summed E-state index contributed by atoms with van der Waals surface area (Å²) in [6.45, 7) is 3.53. The van der Waals surface area contributed by atoms with Gasteiger partial charge in [-0.1, -0.05) is 36.8 Å². The van der Waals surface area contributed by atoms with Crippen LogP contribution in [-0.4, -0.2) is 47.1 Å². The van der Waals surface area contributed by atoms with Crippen LogP contribution < -0.4 is 10.6 Å². The molecule has 0 bridgehead atoms. The van der Waals surface area contributed by atoms with Crippen LogP contribution >= 0.6 is 0 Å². The molecule has 152 valence electrons. The predicted octanol–water partition coefficient (Wildman–Crippen LogP) is 2.50. The molecule has 1 aromatic carbocycles. The molecule has 0 saturated carbocycles. The van der Waals surface area contributed by atoms with E-state index in [-0.39, 0.29) is 6.03 Å². The number of hydrogen-bond donors (Lipinski definition) is 2. The van der Waals surface area contributed by atoms with Crippen LogP contribution in [0.3, 0.4) is 0 Å². The van der Waals surface area contributed by atoms with E-state index >= 15 is 0 Å². The molecule has 7 heteroatoms. The lowest BCUT2D eigenvalue weighted by atomic mass is 10.2. The van der Waals surface area contributed by atoms with Crippen LogP contribution in [0, 0.1) is 0 Å². The first-order valence-electron chi connectivity index (χ1n) is 10.4. The number of nitrogens with zero attached hydrogens (tertiary/aromatic N) is 3. The number of carbonyl (C=O) groups is 1. The van der Waals surface area contributed by atoms with Gasteiger partial charge in [0.1, 0.15) is 11.6 Å². The summed E-state index contributed by atoms with van der Waals surface area (Å²) in [5.41, 5.74) is 1.28. The highest BCUT2D eigenvalue weighted by Gasteiger charge is 2.14. The molecule has 2 heterocycles. The van der Waals surface area contributed by atoms with Gasteiger partial charge in [-0.3, -0.25) is 0 Å². The van der Waals surface area contributed by atoms with Crippen LogP contribution in [0.25, 0.3) is 0 Å². The summed E-state index contributed by atoms with van der Waals surface area (Å²) in [5, 5.41) is 14.3. The first-order valence-corrected chi connectivity index (χ1v) is 10.4. The van der Waals surface area contributed by atoms with Crippen LogP contribution in [0.4, 0.5) is 4.79 Å². The van der Waals surface area contributed by atoms with Crippen molar-refractivity contribution in [3.8, 4) is 0 Å². The monoisotopic (exact) mass is 385 g/mol. The molecule has 2 aromatic rings. The summed E-state index contributed by atoms with van der Waals surface area (Å²) >= 11 is 0. The minimum Gasteiger partial charge on any atom is -0.381 e. The molecule has 0 saturated heterocycles. The third kappa shape index (κ3) is 6.64. The van der Waals surface area contributed by atoms with Crippen molar-refractivity contribution < 1.29 is 9.53 Å². The van der Waals surface area contributed by atoms with Gasteiger partial charge in [-0.2, -0.15) is 0 Å². The van der Waals surface area contributed by atoms with Gasteiger partial charge in [-0.05, 0) is 31.2 Å². The summed E-state index contributed by atoms with van der Waals surface area (Å²) < 4.78 is 7.84. The molecule has 2 N–H and O–H groups in total. The van der Waals surface area contributed by atoms with Gasteiger partial charge in [0.25, 0.3) is 0 Å². The summed E-state index contributed by atoms with van der Waals surface area (Å²) in [7, 11) is 0. The second kappa shape index (κ2) is 11.4. The number of urea groups is 1. The molecular formula is C21H31N5O2. The molecule has 0 fully saturated rings. The van der Waals surface area contributed by atoms with Crippen LogP contribution in [0.15, 0.2) is 30.3 Å². The summed E-state index contributed by atoms with van der Waals surface area (Å²) in [4.78, 5) is 11.9. The average molecular weight is 386 g/mol. The molecule has 3 rings (SSSR count). The zero-order valence-electron chi connectivity index (χ0n) is 16.5. The minimum atomic E-state index is -0.139. The molecule has 0 radical (unpaired) electrons. The number of aryl methyl sites for hydroxylation is 1. The molecule has 0 aliphatic carbocycles. The molecular weight excluding hydrogens is 354 g/mol. The Morgan fingerprint density at radius 1 is 1.00 bits per heavy atom. The Labute approximate surface area is 166 Å². The Hall–Kier alpha value is -2.41. The van der Waals surface area contributed by atoms with Crippen molar-refractivity contribution in [2.45, 2.75) is 51.5 Å². The van der Waals surface area contributed by atoms with E-state index in [0.29, 0.717) is 32.7 Å². The van der Waals surface area contributed by atoms with Gasteiger partial charge in [0.2, 0.25) is 0 Å². The van der Waals surface area contributed by atoms with E-state index in [9.17, 15) is 4.79 Å². The fourth-order valence-corrected chi connectivity index (χ4v) is 3.39. The summed E-state index contributed by atoms with van der Waals surface area (Å²) in [5.74, 6) is 2.06. The lowest BCUT2D eigenvalue weighted by molar-refractivity contribution is 0.135. The van der Waals surface area contributed by atoms with Crippen molar-refractivity contribution in [2.75, 3.05) is 26.3 Å². The van der Waals surface area contributed by atoms with Gasteiger partial charge in [0.05, 0.1) is 6.61 Å². The molecule has 7 nitrogen and oxygen atoms in total. The molecule has 0 spiro atoms. The van der Waals surface area contributed by atoms with Crippen molar-refractivity contribution >= 4 is 6.03 Å². The first kappa shape index (κ1) is 20.3. The largest absolute Gasteiger partial charge is 0.381 e. The van der Waals surface area contributed by atoms with Gasteiger partial charge in [0, 0.05) is 39.1 Å². The van der Waals surface area contributed by atoms with E-state index in [1.165, 1.54) is 24.8 Å². The van der Waals surface area contributed by atoms with Crippen molar-refractivity contribution in [1.82, 2.24) is 25.4 Å². The van der Waals surface area contributed by atoms with Crippen molar-refractivity contribution in [2.24, 2.45) is 0 Å². The number of amides is 2. The first-order chi connectivity index (χ1) is 13.8. The Morgan fingerprint density at radius 2 is 1.86 bits per heavy atom. The van der Waals surface area contributed by atoms with E-state index < -0.39 is 0 Å².